The van der Waals surface area contributed by atoms with E-state index < -0.39 is 0 Å². The molecule has 1 saturated heterocycles. The van der Waals surface area contributed by atoms with E-state index in [1.165, 1.54) is 6.42 Å². The van der Waals surface area contributed by atoms with Gasteiger partial charge in [0.05, 0.1) is 4.92 Å². The minimum Gasteiger partial charge on any atom is -0.350 e. The number of nitrogens with zero attached hydrogens (tertiary/aromatic N) is 4. The lowest BCUT2D eigenvalue weighted by molar-refractivity contribution is -0.384. The first-order valence-corrected chi connectivity index (χ1v) is 7.28. The van der Waals surface area contributed by atoms with Crippen molar-refractivity contribution in [1.29, 1.82) is 0 Å². The number of hydrogen-bond acceptors (Lipinski definition) is 5. The highest BCUT2D eigenvalue weighted by Gasteiger charge is 2.30. The lowest BCUT2D eigenvalue weighted by Crippen LogP contribution is -2.38. The highest BCUT2D eigenvalue weighted by molar-refractivity contribution is 5.61. The topological polar surface area (TPSA) is 76.2 Å². The van der Waals surface area contributed by atoms with E-state index in [0.717, 1.165) is 26.1 Å². The summed E-state index contributed by atoms with van der Waals surface area (Å²) in [4.78, 5) is 13.1. The predicted octanol–water partition coefficient (Wildman–Crippen LogP) is 1.70. The van der Waals surface area contributed by atoms with Crippen molar-refractivity contribution in [3.63, 3.8) is 0 Å². The van der Waals surface area contributed by atoms with Gasteiger partial charge in [-0.05, 0) is 40.2 Å². The highest BCUT2D eigenvalue weighted by Crippen LogP contribution is 2.32. The van der Waals surface area contributed by atoms with Crippen molar-refractivity contribution in [2.45, 2.75) is 46.2 Å². The molecule has 2 heterocycles. The summed E-state index contributed by atoms with van der Waals surface area (Å²) in [6.07, 6.45) is 2.31. The molecule has 1 atom stereocenters. The molecule has 7 heteroatoms. The Hall–Kier alpha value is -1.63. The standard InChI is InChI=1S/C13H23N5O2/c1-4-16(9-11-7-6-8-14-11)13-12(18(19)20)10(3)15-17(13)5-2/h11,14H,4-9H2,1-3H3. The molecular formula is C13H23N5O2. The lowest BCUT2D eigenvalue weighted by atomic mass is 10.2. The Morgan fingerprint density at radius 1 is 1.55 bits per heavy atom. The molecule has 0 aromatic carbocycles. The van der Waals surface area contributed by atoms with Crippen molar-refractivity contribution < 1.29 is 4.92 Å². The molecule has 1 unspecified atom stereocenters. The largest absolute Gasteiger partial charge is 0.350 e. The van der Waals surface area contributed by atoms with Gasteiger partial charge in [-0.2, -0.15) is 5.10 Å². The van der Waals surface area contributed by atoms with Crippen molar-refractivity contribution in [2.24, 2.45) is 0 Å². The first-order valence-electron chi connectivity index (χ1n) is 7.28. The van der Waals surface area contributed by atoms with Crippen molar-refractivity contribution in [2.75, 3.05) is 24.5 Å². The quantitative estimate of drug-likeness (QED) is 0.634. The first kappa shape index (κ1) is 14.8. The van der Waals surface area contributed by atoms with Gasteiger partial charge >= 0.3 is 5.69 Å². The Morgan fingerprint density at radius 2 is 2.30 bits per heavy atom. The molecule has 1 aromatic rings. The highest BCUT2D eigenvalue weighted by atomic mass is 16.6. The maximum Gasteiger partial charge on any atom is 0.333 e. The van der Waals surface area contributed by atoms with Crippen LogP contribution < -0.4 is 10.2 Å². The Morgan fingerprint density at radius 3 is 2.80 bits per heavy atom. The SMILES string of the molecule is CCN(CC1CCCN1)c1c([N+](=O)[O-])c(C)nn1CC. The molecular weight excluding hydrogens is 258 g/mol. The van der Waals surface area contributed by atoms with Gasteiger partial charge in [0.2, 0.25) is 5.82 Å². The molecule has 1 aliphatic heterocycles. The van der Waals surface area contributed by atoms with Gasteiger partial charge in [-0.3, -0.25) is 10.1 Å². The van der Waals surface area contributed by atoms with Crippen LogP contribution in [0.5, 0.6) is 0 Å². The third kappa shape index (κ3) is 2.77. The van der Waals surface area contributed by atoms with Crippen molar-refractivity contribution in [3.8, 4) is 0 Å². The smallest absolute Gasteiger partial charge is 0.333 e. The molecule has 1 aliphatic rings. The second kappa shape index (κ2) is 6.21. The van der Waals surface area contributed by atoms with Crippen LogP contribution in [0.3, 0.4) is 0 Å². The van der Waals surface area contributed by atoms with Gasteiger partial charge in [-0.15, -0.1) is 0 Å². The van der Waals surface area contributed by atoms with E-state index in [2.05, 4.69) is 15.3 Å². The van der Waals surface area contributed by atoms with Crippen LogP contribution in [0.15, 0.2) is 0 Å². The van der Waals surface area contributed by atoms with Gasteiger partial charge in [-0.1, -0.05) is 0 Å². The minimum absolute atomic E-state index is 0.145. The third-order valence-electron chi connectivity index (χ3n) is 3.84. The summed E-state index contributed by atoms with van der Waals surface area (Å²) in [7, 11) is 0. The van der Waals surface area contributed by atoms with Crippen LogP contribution in [-0.2, 0) is 6.54 Å². The number of likely N-dealkylation sites (N-methyl/N-ethyl adjacent to an activating group) is 1. The summed E-state index contributed by atoms with van der Waals surface area (Å²) in [6.45, 7) is 8.90. The molecule has 7 nitrogen and oxygen atoms in total. The van der Waals surface area contributed by atoms with Crippen molar-refractivity contribution >= 4 is 11.5 Å². The zero-order valence-corrected chi connectivity index (χ0v) is 12.4. The molecule has 1 aromatic heterocycles. The minimum atomic E-state index is -0.311. The average molecular weight is 281 g/mol. The summed E-state index contributed by atoms with van der Waals surface area (Å²) < 4.78 is 1.74. The van der Waals surface area contributed by atoms with Gasteiger partial charge in [0.1, 0.15) is 5.69 Å². The molecule has 20 heavy (non-hydrogen) atoms. The van der Waals surface area contributed by atoms with Crippen molar-refractivity contribution in [1.82, 2.24) is 15.1 Å². The Balaban J connectivity index is 2.33. The van der Waals surface area contributed by atoms with Gasteiger partial charge in [-0.25, -0.2) is 4.68 Å². The van der Waals surface area contributed by atoms with E-state index >= 15 is 0 Å². The summed E-state index contributed by atoms with van der Waals surface area (Å²) >= 11 is 0. The summed E-state index contributed by atoms with van der Waals surface area (Å²) in [6, 6.07) is 0.412. The third-order valence-corrected chi connectivity index (χ3v) is 3.84. The second-order valence-corrected chi connectivity index (χ2v) is 5.16. The van der Waals surface area contributed by atoms with Gasteiger partial charge < -0.3 is 10.2 Å². The molecule has 0 spiro atoms. The fourth-order valence-electron chi connectivity index (χ4n) is 2.85. The van der Waals surface area contributed by atoms with Gasteiger partial charge in [0.25, 0.3) is 0 Å². The first-order chi connectivity index (χ1) is 9.58. The van der Waals surface area contributed by atoms with Gasteiger partial charge in [0, 0.05) is 25.7 Å². The second-order valence-electron chi connectivity index (χ2n) is 5.16. The predicted molar refractivity (Wildman–Crippen MR) is 78.2 cm³/mol. The maximum absolute atomic E-state index is 11.3. The van der Waals surface area contributed by atoms with Crippen LogP contribution in [0, 0.1) is 17.0 Å². The zero-order chi connectivity index (χ0) is 14.7. The fourth-order valence-corrected chi connectivity index (χ4v) is 2.85. The molecule has 1 N–H and O–H groups in total. The Kier molecular flexibility index (Phi) is 4.59. The fraction of sp³-hybridized carbons (Fsp3) is 0.769. The number of rotatable bonds is 6. The number of anilines is 1. The van der Waals surface area contributed by atoms with Crippen molar-refractivity contribution in [3.05, 3.63) is 15.8 Å². The van der Waals surface area contributed by atoms with Crippen LogP contribution in [0.4, 0.5) is 11.5 Å². The molecule has 0 saturated carbocycles. The van der Waals surface area contributed by atoms with E-state index in [-0.39, 0.29) is 10.6 Å². The van der Waals surface area contributed by atoms with E-state index in [1.54, 1.807) is 11.6 Å². The molecule has 2 rings (SSSR count). The zero-order valence-electron chi connectivity index (χ0n) is 12.4. The monoisotopic (exact) mass is 281 g/mol. The number of aryl methyl sites for hydroxylation is 2. The summed E-state index contributed by atoms with van der Waals surface area (Å²) in [5.41, 5.74) is 0.636. The summed E-state index contributed by atoms with van der Waals surface area (Å²) in [5.74, 6) is 0.645. The van der Waals surface area contributed by atoms with E-state index in [1.807, 2.05) is 13.8 Å². The number of nitrogens with one attached hydrogen (secondary N) is 1. The Labute approximate surface area is 119 Å². The van der Waals surface area contributed by atoms with Gasteiger partial charge in [0.15, 0.2) is 0 Å². The number of nitro groups is 1. The molecule has 0 radical (unpaired) electrons. The molecule has 0 amide bonds. The van der Waals surface area contributed by atoms with Crippen LogP contribution in [0.2, 0.25) is 0 Å². The van der Waals surface area contributed by atoms with Crippen LogP contribution in [-0.4, -0.2) is 40.4 Å². The molecule has 1 fully saturated rings. The molecule has 0 aliphatic carbocycles. The van der Waals surface area contributed by atoms with E-state index in [9.17, 15) is 10.1 Å². The lowest BCUT2D eigenvalue weighted by Gasteiger charge is -2.26. The molecule has 112 valence electrons. The maximum atomic E-state index is 11.3. The average Bonchev–Trinajstić information content (AvgIpc) is 3.02. The van der Waals surface area contributed by atoms with E-state index in [4.69, 9.17) is 0 Å². The normalized spacial score (nSPS) is 18.4. The Bertz CT molecular complexity index is 479. The summed E-state index contributed by atoms with van der Waals surface area (Å²) in [5, 5.41) is 19.1. The van der Waals surface area contributed by atoms with E-state index in [0.29, 0.717) is 24.1 Å². The molecule has 0 bridgehead atoms. The van der Waals surface area contributed by atoms with Crippen LogP contribution in [0.1, 0.15) is 32.4 Å². The van der Waals surface area contributed by atoms with Crippen LogP contribution >= 0.6 is 0 Å². The van der Waals surface area contributed by atoms with Crippen LogP contribution in [0.25, 0.3) is 0 Å². The number of hydrogen-bond donors (Lipinski definition) is 1. The number of aromatic nitrogens is 2.